The zero-order chi connectivity index (χ0) is 9.19. The van der Waals surface area contributed by atoms with E-state index in [1.54, 1.807) is 0 Å². The van der Waals surface area contributed by atoms with Crippen LogP contribution in [0.3, 0.4) is 0 Å². The van der Waals surface area contributed by atoms with Crippen LogP contribution in [-0.2, 0) is 5.88 Å². The van der Waals surface area contributed by atoms with Crippen LogP contribution >= 0.6 is 23.4 Å². The van der Waals surface area contributed by atoms with Gasteiger partial charge in [0.2, 0.25) is 0 Å². The normalized spacial score (nSPS) is 12.0. The van der Waals surface area contributed by atoms with Crippen molar-refractivity contribution in [1.29, 1.82) is 0 Å². The highest BCUT2D eigenvalue weighted by molar-refractivity contribution is 8.00. The van der Waals surface area contributed by atoms with Crippen molar-refractivity contribution in [2.45, 2.75) is 16.5 Å². The Morgan fingerprint density at radius 2 is 2.25 bits per heavy atom. The molecule has 68 valence electrons. The Balaban J connectivity index is 2.64. The molecular formula is C5H4ClF3N2S. The minimum Gasteiger partial charge on any atom is -0.339 e. The first-order valence-corrected chi connectivity index (χ1v) is 4.22. The summed E-state index contributed by atoms with van der Waals surface area (Å²) in [6.45, 7) is 0. The van der Waals surface area contributed by atoms with E-state index < -0.39 is 5.51 Å². The number of hydrogen-bond donors (Lipinski definition) is 1. The standard InChI is InChI=1S/C5H4ClF3N2S/c6-1-3-2-10-4(11-3)12-5(7,8)9/h2H,1H2,(H,10,11). The summed E-state index contributed by atoms with van der Waals surface area (Å²) in [7, 11) is 0. The molecule has 2 nitrogen and oxygen atoms in total. The summed E-state index contributed by atoms with van der Waals surface area (Å²) in [5.41, 5.74) is -3.90. The highest BCUT2D eigenvalue weighted by Gasteiger charge is 2.30. The maximum Gasteiger partial charge on any atom is 0.449 e. The largest absolute Gasteiger partial charge is 0.449 e. The predicted octanol–water partition coefficient (Wildman–Crippen LogP) is 2.76. The van der Waals surface area contributed by atoms with Gasteiger partial charge in [-0.25, -0.2) is 4.98 Å². The lowest BCUT2D eigenvalue weighted by molar-refractivity contribution is -0.0330. The highest BCUT2D eigenvalue weighted by Crippen LogP contribution is 2.34. The van der Waals surface area contributed by atoms with E-state index in [-0.39, 0.29) is 22.8 Å². The van der Waals surface area contributed by atoms with Gasteiger partial charge < -0.3 is 4.98 Å². The average Bonchev–Trinajstić information content (AvgIpc) is 2.32. The van der Waals surface area contributed by atoms with E-state index in [9.17, 15) is 13.2 Å². The molecule has 0 unspecified atom stereocenters. The van der Waals surface area contributed by atoms with Crippen molar-refractivity contribution in [2.75, 3.05) is 0 Å². The van der Waals surface area contributed by atoms with E-state index in [0.717, 1.165) is 0 Å². The summed E-state index contributed by atoms with van der Waals surface area (Å²) in [5, 5.41) is -0.182. The summed E-state index contributed by atoms with van der Waals surface area (Å²) in [4.78, 5) is 5.93. The third-order valence-corrected chi connectivity index (χ3v) is 1.86. The maximum absolute atomic E-state index is 11.7. The molecule has 0 amide bonds. The Bertz CT molecular complexity index is 259. The Morgan fingerprint density at radius 3 is 2.67 bits per heavy atom. The van der Waals surface area contributed by atoms with Crippen molar-refractivity contribution in [3.05, 3.63) is 11.9 Å². The first-order chi connectivity index (χ1) is 5.51. The van der Waals surface area contributed by atoms with Crippen molar-refractivity contribution in [1.82, 2.24) is 9.97 Å². The third-order valence-electron chi connectivity index (χ3n) is 0.957. The number of rotatable bonds is 2. The minimum atomic E-state index is -4.30. The molecule has 0 bridgehead atoms. The van der Waals surface area contributed by atoms with Crippen LogP contribution in [0.1, 0.15) is 5.69 Å². The van der Waals surface area contributed by atoms with Gasteiger partial charge in [-0.1, -0.05) is 0 Å². The first kappa shape index (κ1) is 9.73. The molecule has 0 aromatic carbocycles. The van der Waals surface area contributed by atoms with Crippen LogP contribution < -0.4 is 0 Å². The summed E-state index contributed by atoms with van der Waals surface area (Å²) >= 11 is 5.05. The van der Waals surface area contributed by atoms with Gasteiger partial charge in [-0.05, 0) is 0 Å². The second-order valence-corrected chi connectivity index (χ2v) is 3.20. The van der Waals surface area contributed by atoms with E-state index in [2.05, 4.69) is 9.97 Å². The zero-order valence-electron chi connectivity index (χ0n) is 5.65. The molecule has 0 saturated carbocycles. The molecule has 0 aliphatic carbocycles. The van der Waals surface area contributed by atoms with Gasteiger partial charge >= 0.3 is 5.51 Å². The van der Waals surface area contributed by atoms with Crippen LogP contribution in [0.5, 0.6) is 0 Å². The molecule has 1 aromatic heterocycles. The molecule has 0 fully saturated rings. The number of aromatic nitrogens is 2. The van der Waals surface area contributed by atoms with E-state index in [0.29, 0.717) is 5.69 Å². The average molecular weight is 217 g/mol. The summed E-state index contributed by atoms with van der Waals surface area (Å²) in [5.74, 6) is 0.106. The third kappa shape index (κ3) is 2.94. The molecule has 1 rings (SSSR count). The van der Waals surface area contributed by atoms with E-state index in [1.165, 1.54) is 6.20 Å². The summed E-state index contributed by atoms with van der Waals surface area (Å²) in [6.07, 6.45) is 1.35. The number of H-pyrrole nitrogens is 1. The van der Waals surface area contributed by atoms with Crippen molar-refractivity contribution in [2.24, 2.45) is 0 Å². The molecule has 12 heavy (non-hydrogen) atoms. The zero-order valence-corrected chi connectivity index (χ0v) is 7.22. The lowest BCUT2D eigenvalue weighted by Gasteiger charge is -2.00. The lowest BCUT2D eigenvalue weighted by Crippen LogP contribution is -1.99. The fourth-order valence-corrected chi connectivity index (χ4v) is 1.21. The second kappa shape index (κ2) is 3.57. The van der Waals surface area contributed by atoms with Gasteiger partial charge in [0.25, 0.3) is 0 Å². The Kier molecular flexibility index (Phi) is 2.89. The maximum atomic E-state index is 11.7. The molecule has 0 aliphatic rings. The van der Waals surface area contributed by atoms with Gasteiger partial charge in [0.1, 0.15) is 0 Å². The van der Waals surface area contributed by atoms with Crippen LogP contribution in [0.15, 0.2) is 11.4 Å². The van der Waals surface area contributed by atoms with Crippen molar-refractivity contribution in [3.8, 4) is 0 Å². The van der Waals surface area contributed by atoms with Gasteiger partial charge in [-0.15, -0.1) is 11.6 Å². The lowest BCUT2D eigenvalue weighted by atomic mass is 10.6. The minimum absolute atomic E-state index is 0.106. The van der Waals surface area contributed by atoms with Crippen LogP contribution in [0.4, 0.5) is 13.2 Å². The number of alkyl halides is 4. The number of imidazole rings is 1. The molecule has 0 aliphatic heterocycles. The smallest absolute Gasteiger partial charge is 0.339 e. The van der Waals surface area contributed by atoms with Gasteiger partial charge in [-0.2, -0.15) is 13.2 Å². The molecule has 0 radical (unpaired) electrons. The fraction of sp³-hybridized carbons (Fsp3) is 0.400. The molecule has 7 heteroatoms. The number of hydrogen-bond acceptors (Lipinski definition) is 2. The first-order valence-electron chi connectivity index (χ1n) is 2.87. The number of nitrogens with one attached hydrogen (secondary N) is 1. The molecule has 0 saturated heterocycles. The van der Waals surface area contributed by atoms with Crippen LogP contribution in [0, 0.1) is 0 Å². The number of halogens is 4. The Labute approximate surface area is 75.5 Å². The highest BCUT2D eigenvalue weighted by atomic mass is 35.5. The number of thioether (sulfide) groups is 1. The molecular weight excluding hydrogens is 213 g/mol. The monoisotopic (exact) mass is 216 g/mol. The SMILES string of the molecule is FC(F)(F)Sc1nc(CCl)c[nH]1. The summed E-state index contributed by atoms with van der Waals surface area (Å²) in [6, 6.07) is 0. The molecule has 1 N–H and O–H groups in total. The van der Waals surface area contributed by atoms with Gasteiger partial charge in [0.05, 0.1) is 11.6 Å². The van der Waals surface area contributed by atoms with Crippen LogP contribution in [0.25, 0.3) is 0 Å². The summed E-state index contributed by atoms with van der Waals surface area (Å²) < 4.78 is 35.2. The molecule has 1 heterocycles. The van der Waals surface area contributed by atoms with E-state index in [1.807, 2.05) is 0 Å². The van der Waals surface area contributed by atoms with Gasteiger partial charge in [0, 0.05) is 18.0 Å². The Hall–Kier alpha value is -0.360. The van der Waals surface area contributed by atoms with Crippen LogP contribution in [0.2, 0.25) is 0 Å². The Morgan fingerprint density at radius 1 is 1.58 bits per heavy atom. The van der Waals surface area contributed by atoms with Crippen LogP contribution in [-0.4, -0.2) is 15.5 Å². The van der Waals surface area contributed by atoms with Crippen molar-refractivity contribution < 1.29 is 13.2 Å². The fourth-order valence-electron chi connectivity index (χ4n) is 0.570. The van der Waals surface area contributed by atoms with Gasteiger partial charge in [0.15, 0.2) is 5.16 Å². The van der Waals surface area contributed by atoms with Crippen molar-refractivity contribution >= 4 is 23.4 Å². The molecule has 0 spiro atoms. The quantitative estimate of drug-likeness (QED) is 0.608. The number of nitrogens with zero attached hydrogens (tertiary/aromatic N) is 1. The molecule has 0 atom stereocenters. The number of aromatic amines is 1. The van der Waals surface area contributed by atoms with E-state index >= 15 is 0 Å². The van der Waals surface area contributed by atoms with Gasteiger partial charge in [-0.3, -0.25) is 0 Å². The topological polar surface area (TPSA) is 28.7 Å². The predicted molar refractivity (Wildman–Crippen MR) is 40.1 cm³/mol. The second-order valence-electron chi connectivity index (χ2n) is 1.88. The van der Waals surface area contributed by atoms with Crippen molar-refractivity contribution in [3.63, 3.8) is 0 Å². The molecule has 1 aromatic rings. The van der Waals surface area contributed by atoms with E-state index in [4.69, 9.17) is 11.6 Å².